The van der Waals surface area contributed by atoms with Gasteiger partial charge in [-0.25, -0.2) is 4.98 Å². The molecule has 9 heteroatoms. The number of rotatable bonds is 8. The topological polar surface area (TPSA) is 76.3 Å². The zero-order chi connectivity index (χ0) is 18.5. The molecule has 0 bridgehead atoms. The van der Waals surface area contributed by atoms with Crippen molar-refractivity contribution in [1.29, 1.82) is 0 Å². The summed E-state index contributed by atoms with van der Waals surface area (Å²) in [6.45, 7) is 1.84. The van der Waals surface area contributed by atoms with Crippen LogP contribution in [0.1, 0.15) is 30.0 Å². The maximum atomic E-state index is 5.92. The van der Waals surface area contributed by atoms with Crippen LogP contribution in [-0.2, 0) is 11.3 Å². The Labute approximate surface area is 184 Å². The molecule has 1 fully saturated rings. The Morgan fingerprint density at radius 1 is 1.18 bits per heavy atom. The average molecular weight is 449 g/mol. The molecule has 0 unspecified atom stereocenters. The summed E-state index contributed by atoms with van der Waals surface area (Å²) in [6.07, 6.45) is 1.99. The molecule has 1 saturated carbocycles. The van der Waals surface area contributed by atoms with Gasteiger partial charge in [-0.15, -0.1) is 24.8 Å². The second kappa shape index (κ2) is 11.6. The summed E-state index contributed by atoms with van der Waals surface area (Å²) in [4.78, 5) is 11.1. The minimum Gasteiger partial charge on any atom is -0.375 e. The highest BCUT2D eigenvalue weighted by Gasteiger charge is 2.29. The lowest BCUT2D eigenvalue weighted by Crippen LogP contribution is -2.35. The van der Waals surface area contributed by atoms with Crippen LogP contribution in [0.5, 0.6) is 0 Å². The molecule has 3 rings (SSSR count). The molecule has 3 N–H and O–H groups in total. The van der Waals surface area contributed by atoms with E-state index < -0.39 is 0 Å². The van der Waals surface area contributed by atoms with Gasteiger partial charge in [0.25, 0.3) is 0 Å². The third-order valence-electron chi connectivity index (χ3n) is 4.46. The first-order chi connectivity index (χ1) is 12.5. The Morgan fingerprint density at radius 2 is 1.86 bits per heavy atom. The Balaban J connectivity index is 0.00000196. The fourth-order valence-electron chi connectivity index (χ4n) is 2.88. The molecule has 1 heterocycles. The van der Waals surface area contributed by atoms with Gasteiger partial charge in [0, 0.05) is 43.7 Å². The summed E-state index contributed by atoms with van der Waals surface area (Å²) >= 11 is 5.88. The van der Waals surface area contributed by atoms with Crippen molar-refractivity contribution in [2.24, 2.45) is 5.73 Å². The van der Waals surface area contributed by atoms with E-state index in [-0.39, 0.29) is 24.8 Å². The number of hydrogen-bond acceptors (Lipinski definition) is 6. The third-order valence-corrected chi connectivity index (χ3v) is 4.71. The second-order valence-corrected chi connectivity index (χ2v) is 7.34. The van der Waals surface area contributed by atoms with E-state index in [0.29, 0.717) is 37.7 Å². The molecule has 28 heavy (non-hydrogen) atoms. The molecular formula is C19H28Cl3N5O. The standard InChI is InChI=1S/C19H26ClN5O.2ClH/c1-25(2)19-23-17(14-9-16(21)10-14)11-18(24-19)22-7-8-26-12-13-3-5-15(20)6-4-13;;/h3-6,11,14,16H,7-10,12,21H2,1-2H3,(H,22,23,24);2*1H. The van der Waals surface area contributed by atoms with Gasteiger partial charge >= 0.3 is 0 Å². The van der Waals surface area contributed by atoms with Crippen LogP contribution in [0.4, 0.5) is 11.8 Å². The number of nitrogens with one attached hydrogen (secondary N) is 1. The van der Waals surface area contributed by atoms with Gasteiger partial charge < -0.3 is 20.7 Å². The molecule has 156 valence electrons. The van der Waals surface area contributed by atoms with E-state index in [1.165, 1.54) is 0 Å². The highest BCUT2D eigenvalue weighted by molar-refractivity contribution is 6.30. The molecule has 0 amide bonds. The summed E-state index contributed by atoms with van der Waals surface area (Å²) in [7, 11) is 3.90. The molecule has 0 aliphatic heterocycles. The number of benzene rings is 1. The Hall–Kier alpha value is -1.31. The highest BCUT2D eigenvalue weighted by atomic mass is 35.5. The molecule has 1 aliphatic rings. The SMILES string of the molecule is CN(C)c1nc(NCCOCc2ccc(Cl)cc2)cc(C2CC(N)C2)n1.Cl.Cl. The number of ether oxygens (including phenoxy) is 1. The van der Waals surface area contributed by atoms with Crippen LogP contribution in [0, 0.1) is 0 Å². The molecule has 0 saturated heterocycles. The maximum Gasteiger partial charge on any atom is 0.227 e. The summed E-state index contributed by atoms with van der Waals surface area (Å²) in [5.41, 5.74) is 8.09. The normalized spacial score (nSPS) is 17.7. The molecule has 1 aliphatic carbocycles. The molecule has 1 aromatic carbocycles. The average Bonchev–Trinajstić information content (AvgIpc) is 2.60. The van der Waals surface area contributed by atoms with Gasteiger partial charge in [-0.2, -0.15) is 4.98 Å². The van der Waals surface area contributed by atoms with E-state index in [9.17, 15) is 0 Å². The van der Waals surface area contributed by atoms with Crippen molar-refractivity contribution in [1.82, 2.24) is 9.97 Å². The molecule has 6 nitrogen and oxygen atoms in total. The lowest BCUT2D eigenvalue weighted by atomic mass is 9.78. The van der Waals surface area contributed by atoms with Crippen LogP contribution in [0.25, 0.3) is 0 Å². The van der Waals surface area contributed by atoms with Crippen molar-refractivity contribution < 1.29 is 4.74 Å². The largest absolute Gasteiger partial charge is 0.375 e. The van der Waals surface area contributed by atoms with Crippen LogP contribution in [-0.4, -0.2) is 43.3 Å². The summed E-state index contributed by atoms with van der Waals surface area (Å²) in [6, 6.07) is 10.0. The number of nitrogens with zero attached hydrogens (tertiary/aromatic N) is 3. The zero-order valence-corrected chi connectivity index (χ0v) is 18.5. The van der Waals surface area contributed by atoms with Gasteiger partial charge in [0.1, 0.15) is 5.82 Å². The first kappa shape index (κ1) is 24.7. The third kappa shape index (κ3) is 6.94. The van der Waals surface area contributed by atoms with Crippen molar-refractivity contribution >= 4 is 48.2 Å². The van der Waals surface area contributed by atoms with Crippen LogP contribution in [0.3, 0.4) is 0 Å². The van der Waals surface area contributed by atoms with Crippen molar-refractivity contribution in [2.45, 2.75) is 31.4 Å². The summed E-state index contributed by atoms with van der Waals surface area (Å²) < 4.78 is 5.71. The van der Waals surface area contributed by atoms with Gasteiger partial charge in [-0.3, -0.25) is 0 Å². The fraction of sp³-hybridized carbons (Fsp3) is 0.474. The van der Waals surface area contributed by atoms with Gasteiger partial charge in [-0.1, -0.05) is 23.7 Å². The van der Waals surface area contributed by atoms with E-state index in [0.717, 1.165) is 34.9 Å². The van der Waals surface area contributed by atoms with Gasteiger partial charge in [0.2, 0.25) is 5.95 Å². The van der Waals surface area contributed by atoms with Crippen molar-refractivity contribution in [2.75, 3.05) is 37.5 Å². The van der Waals surface area contributed by atoms with Crippen molar-refractivity contribution in [3.63, 3.8) is 0 Å². The van der Waals surface area contributed by atoms with Crippen molar-refractivity contribution in [3.05, 3.63) is 46.6 Å². The predicted octanol–water partition coefficient (Wildman–Crippen LogP) is 3.87. The summed E-state index contributed by atoms with van der Waals surface area (Å²) in [5.74, 6) is 1.98. The van der Waals surface area contributed by atoms with Crippen LogP contribution in [0.15, 0.2) is 30.3 Å². The number of hydrogen-bond donors (Lipinski definition) is 2. The van der Waals surface area contributed by atoms with E-state index in [1.54, 1.807) is 0 Å². The summed E-state index contributed by atoms with van der Waals surface area (Å²) in [5, 5.41) is 4.07. The zero-order valence-electron chi connectivity index (χ0n) is 16.1. The Morgan fingerprint density at radius 3 is 2.46 bits per heavy atom. The quantitative estimate of drug-likeness (QED) is 0.597. The van der Waals surface area contributed by atoms with Gasteiger partial charge in [0.15, 0.2) is 0 Å². The second-order valence-electron chi connectivity index (χ2n) is 6.91. The minimum atomic E-state index is 0. The van der Waals surface area contributed by atoms with E-state index in [2.05, 4.69) is 15.3 Å². The highest BCUT2D eigenvalue weighted by Crippen LogP contribution is 2.35. The molecule has 1 aromatic heterocycles. The smallest absolute Gasteiger partial charge is 0.227 e. The monoisotopic (exact) mass is 447 g/mol. The van der Waals surface area contributed by atoms with Crippen molar-refractivity contribution in [3.8, 4) is 0 Å². The number of anilines is 2. The minimum absolute atomic E-state index is 0. The van der Waals surface area contributed by atoms with E-state index >= 15 is 0 Å². The molecule has 2 aromatic rings. The van der Waals surface area contributed by atoms with E-state index in [1.807, 2.05) is 49.3 Å². The van der Waals surface area contributed by atoms with Crippen LogP contribution in [0.2, 0.25) is 5.02 Å². The molecule has 0 radical (unpaired) electrons. The lowest BCUT2D eigenvalue weighted by Gasteiger charge is -2.32. The number of halogens is 3. The number of nitrogens with two attached hydrogens (primary N) is 1. The maximum absolute atomic E-state index is 5.92. The van der Waals surface area contributed by atoms with Crippen LogP contribution < -0.4 is 16.0 Å². The van der Waals surface area contributed by atoms with E-state index in [4.69, 9.17) is 22.1 Å². The lowest BCUT2D eigenvalue weighted by molar-refractivity contribution is 0.130. The molecule has 0 spiro atoms. The predicted molar refractivity (Wildman–Crippen MR) is 120 cm³/mol. The Bertz CT molecular complexity index is 724. The first-order valence-corrected chi connectivity index (χ1v) is 9.27. The van der Waals surface area contributed by atoms with Crippen LogP contribution >= 0.6 is 36.4 Å². The first-order valence-electron chi connectivity index (χ1n) is 8.89. The van der Waals surface area contributed by atoms with Gasteiger partial charge in [0.05, 0.1) is 18.9 Å². The Kier molecular flexibility index (Phi) is 10.3. The molecule has 0 atom stereocenters. The van der Waals surface area contributed by atoms with Gasteiger partial charge in [-0.05, 0) is 30.5 Å². The molecular weight excluding hydrogens is 421 g/mol. The number of aromatic nitrogens is 2. The fourth-order valence-corrected chi connectivity index (χ4v) is 3.00.